The molecule has 0 bridgehead atoms. The minimum atomic E-state index is -0.594. The Morgan fingerprint density at radius 2 is 2.11 bits per heavy atom. The van der Waals surface area contributed by atoms with Gasteiger partial charge in [0.15, 0.2) is 5.78 Å². The average molecular weight is 380 g/mol. The number of ketones is 1. The summed E-state index contributed by atoms with van der Waals surface area (Å²) in [5, 5.41) is 6.96. The molecule has 0 spiro atoms. The number of nitrogens with two attached hydrogens (primary N) is 1. The first-order valence-corrected chi connectivity index (χ1v) is 8.75. The maximum Gasteiger partial charge on any atom is 0.190 e. The summed E-state index contributed by atoms with van der Waals surface area (Å²) in [6.07, 6.45) is 2.97. The molecule has 0 saturated heterocycles. The second-order valence-electron chi connectivity index (χ2n) is 6.49. The van der Waals surface area contributed by atoms with Crippen molar-refractivity contribution in [2.45, 2.75) is 27.3 Å². The maximum absolute atomic E-state index is 14.6. The van der Waals surface area contributed by atoms with E-state index in [-0.39, 0.29) is 5.56 Å². The number of nitrogens with zero attached hydrogens (tertiary/aromatic N) is 2. The summed E-state index contributed by atoms with van der Waals surface area (Å²) in [4.78, 5) is 16.5. The first-order chi connectivity index (χ1) is 13.4. The van der Waals surface area contributed by atoms with Crippen molar-refractivity contribution in [3.8, 4) is 11.1 Å². The van der Waals surface area contributed by atoms with Crippen LogP contribution in [0.4, 0.5) is 10.2 Å². The van der Waals surface area contributed by atoms with E-state index in [1.165, 1.54) is 18.2 Å². The number of pyridine rings is 1. The molecular weight excluding hydrogens is 359 g/mol. The Bertz CT molecular complexity index is 1040. The lowest BCUT2D eigenvalue weighted by Crippen LogP contribution is -2.14. The Morgan fingerprint density at radius 1 is 1.32 bits per heavy atom. The van der Waals surface area contributed by atoms with Crippen LogP contribution in [0.3, 0.4) is 0 Å². The standard InChI is InChI=1S/C21H21FN4O2/c1-12(25-11-16-5-4-8-24-21(16)23)9-19(27)17-7-6-15(10-18(17)22)20-13(2)26-28-14(20)3/h4-10,25H,11H2,1-3H3,(H2,23,24)/b12-9+. The van der Waals surface area contributed by atoms with Gasteiger partial charge in [-0.3, -0.25) is 4.79 Å². The van der Waals surface area contributed by atoms with Crippen molar-refractivity contribution in [1.82, 2.24) is 15.5 Å². The number of nitrogen functional groups attached to an aromatic ring is 1. The van der Waals surface area contributed by atoms with Crippen LogP contribution in [-0.4, -0.2) is 15.9 Å². The van der Waals surface area contributed by atoms with Crippen molar-refractivity contribution in [2.24, 2.45) is 0 Å². The van der Waals surface area contributed by atoms with Gasteiger partial charge in [0.1, 0.15) is 17.4 Å². The highest BCUT2D eigenvalue weighted by Gasteiger charge is 2.16. The molecule has 2 aromatic heterocycles. The van der Waals surface area contributed by atoms with Crippen LogP contribution < -0.4 is 11.1 Å². The summed E-state index contributed by atoms with van der Waals surface area (Å²) in [7, 11) is 0. The predicted octanol–water partition coefficient (Wildman–Crippen LogP) is 3.95. The molecule has 6 nitrogen and oxygen atoms in total. The number of nitrogens with one attached hydrogen (secondary N) is 1. The Hall–Kier alpha value is -3.48. The number of carbonyl (C=O) groups excluding carboxylic acids is 1. The fourth-order valence-electron chi connectivity index (χ4n) is 2.93. The smallest absolute Gasteiger partial charge is 0.190 e. The Morgan fingerprint density at radius 3 is 2.75 bits per heavy atom. The first-order valence-electron chi connectivity index (χ1n) is 8.75. The van der Waals surface area contributed by atoms with Gasteiger partial charge in [0, 0.05) is 35.6 Å². The second-order valence-corrected chi connectivity index (χ2v) is 6.49. The quantitative estimate of drug-likeness (QED) is 0.497. The third-order valence-corrected chi connectivity index (χ3v) is 4.39. The van der Waals surface area contributed by atoms with Crippen LogP contribution in [-0.2, 0) is 6.54 Å². The van der Waals surface area contributed by atoms with Crippen molar-refractivity contribution in [2.75, 3.05) is 5.73 Å². The molecule has 3 N–H and O–H groups in total. The Labute approximate surface area is 162 Å². The number of rotatable bonds is 6. The molecule has 2 heterocycles. The highest BCUT2D eigenvalue weighted by molar-refractivity contribution is 6.05. The number of benzene rings is 1. The van der Waals surface area contributed by atoms with Gasteiger partial charge in [-0.25, -0.2) is 9.37 Å². The van der Waals surface area contributed by atoms with Gasteiger partial charge in [0.25, 0.3) is 0 Å². The van der Waals surface area contributed by atoms with Crippen LogP contribution >= 0.6 is 0 Å². The number of carbonyl (C=O) groups is 1. The molecule has 28 heavy (non-hydrogen) atoms. The van der Waals surface area contributed by atoms with Crippen molar-refractivity contribution >= 4 is 11.6 Å². The lowest BCUT2D eigenvalue weighted by atomic mass is 10.0. The molecule has 144 valence electrons. The van der Waals surface area contributed by atoms with Crippen LogP contribution in [0.15, 0.2) is 52.8 Å². The van der Waals surface area contributed by atoms with E-state index in [1.807, 2.05) is 6.07 Å². The van der Waals surface area contributed by atoms with E-state index < -0.39 is 11.6 Å². The summed E-state index contributed by atoms with van der Waals surface area (Å²) < 4.78 is 19.7. The number of halogens is 1. The van der Waals surface area contributed by atoms with Gasteiger partial charge >= 0.3 is 0 Å². The number of allylic oxidation sites excluding steroid dienone is 2. The molecule has 0 unspecified atom stereocenters. The molecule has 0 aliphatic carbocycles. The van der Waals surface area contributed by atoms with E-state index in [0.717, 1.165) is 11.1 Å². The Balaban J connectivity index is 1.75. The SMILES string of the molecule is C/C(=C\C(=O)c1ccc(-c2c(C)noc2C)cc1F)NCc1cccnc1N. The van der Waals surface area contributed by atoms with Gasteiger partial charge in [0.2, 0.25) is 0 Å². The summed E-state index contributed by atoms with van der Waals surface area (Å²) >= 11 is 0. The lowest BCUT2D eigenvalue weighted by Gasteiger charge is -2.09. The summed E-state index contributed by atoms with van der Waals surface area (Å²) in [5.41, 5.74) is 9.24. The van der Waals surface area contributed by atoms with E-state index in [9.17, 15) is 9.18 Å². The highest BCUT2D eigenvalue weighted by Crippen LogP contribution is 2.28. The van der Waals surface area contributed by atoms with Crippen LogP contribution in [0.1, 0.15) is 34.3 Å². The summed E-state index contributed by atoms with van der Waals surface area (Å²) in [6.45, 7) is 5.71. The molecule has 3 aromatic rings. The van der Waals surface area contributed by atoms with E-state index in [1.54, 1.807) is 39.1 Å². The van der Waals surface area contributed by atoms with E-state index in [2.05, 4.69) is 15.5 Å². The molecule has 0 fully saturated rings. The van der Waals surface area contributed by atoms with Gasteiger partial charge in [-0.2, -0.15) is 0 Å². The maximum atomic E-state index is 14.6. The van der Waals surface area contributed by atoms with E-state index in [0.29, 0.717) is 35.1 Å². The largest absolute Gasteiger partial charge is 0.384 e. The number of hydrogen-bond donors (Lipinski definition) is 2. The van der Waals surface area contributed by atoms with Gasteiger partial charge in [-0.1, -0.05) is 17.3 Å². The van der Waals surface area contributed by atoms with Gasteiger partial charge < -0.3 is 15.6 Å². The Kier molecular flexibility index (Phi) is 5.54. The monoisotopic (exact) mass is 380 g/mol. The molecule has 0 amide bonds. The van der Waals surface area contributed by atoms with Gasteiger partial charge in [-0.05, 0) is 44.5 Å². The van der Waals surface area contributed by atoms with Crippen LogP contribution in [0.5, 0.6) is 0 Å². The lowest BCUT2D eigenvalue weighted by molar-refractivity contribution is 0.104. The zero-order valence-corrected chi connectivity index (χ0v) is 15.9. The minimum absolute atomic E-state index is 0.00227. The predicted molar refractivity (Wildman–Crippen MR) is 105 cm³/mol. The fourth-order valence-corrected chi connectivity index (χ4v) is 2.93. The molecule has 0 atom stereocenters. The fraction of sp³-hybridized carbons (Fsp3) is 0.190. The topological polar surface area (TPSA) is 94.0 Å². The minimum Gasteiger partial charge on any atom is -0.384 e. The highest BCUT2D eigenvalue weighted by atomic mass is 19.1. The van der Waals surface area contributed by atoms with E-state index in [4.69, 9.17) is 10.3 Å². The number of hydrogen-bond acceptors (Lipinski definition) is 6. The van der Waals surface area contributed by atoms with Crippen molar-refractivity contribution in [3.63, 3.8) is 0 Å². The van der Waals surface area contributed by atoms with Crippen LogP contribution in [0.2, 0.25) is 0 Å². The van der Waals surface area contributed by atoms with Crippen molar-refractivity contribution in [3.05, 3.63) is 76.7 Å². The molecule has 0 radical (unpaired) electrons. The van der Waals surface area contributed by atoms with Crippen molar-refractivity contribution in [1.29, 1.82) is 0 Å². The molecule has 3 rings (SSSR count). The third kappa shape index (κ3) is 4.09. The second kappa shape index (κ2) is 8.04. The summed E-state index contributed by atoms with van der Waals surface area (Å²) in [5.74, 6) is 0.00991. The molecule has 0 aliphatic heterocycles. The van der Waals surface area contributed by atoms with Gasteiger partial charge in [0.05, 0.1) is 11.3 Å². The third-order valence-electron chi connectivity index (χ3n) is 4.39. The molecule has 1 aromatic carbocycles. The van der Waals surface area contributed by atoms with Crippen LogP contribution in [0, 0.1) is 19.7 Å². The van der Waals surface area contributed by atoms with Crippen molar-refractivity contribution < 1.29 is 13.7 Å². The zero-order valence-electron chi connectivity index (χ0n) is 15.9. The molecule has 0 aliphatic rings. The number of aryl methyl sites for hydroxylation is 2. The number of aromatic nitrogens is 2. The van der Waals surface area contributed by atoms with Crippen LogP contribution in [0.25, 0.3) is 11.1 Å². The average Bonchev–Trinajstić information content (AvgIpc) is 2.99. The summed E-state index contributed by atoms with van der Waals surface area (Å²) in [6, 6.07) is 8.12. The molecular formula is C21H21FN4O2. The van der Waals surface area contributed by atoms with Gasteiger partial charge in [-0.15, -0.1) is 0 Å². The van der Waals surface area contributed by atoms with E-state index >= 15 is 0 Å². The first kappa shape index (κ1) is 19.3. The number of anilines is 1. The molecule has 7 heteroatoms. The normalized spacial score (nSPS) is 11.5. The molecule has 0 saturated carbocycles. The zero-order chi connectivity index (χ0) is 20.3.